The number of rotatable bonds is 9. The van der Waals surface area contributed by atoms with Crippen molar-refractivity contribution in [1.29, 1.82) is 0 Å². The molecular formula is C16H25ClN4O2S. The second-order valence-electron chi connectivity index (χ2n) is 5.59. The van der Waals surface area contributed by atoms with Gasteiger partial charge in [-0.05, 0) is 44.2 Å². The first kappa shape index (κ1) is 20.6. The van der Waals surface area contributed by atoms with Gasteiger partial charge in [-0.1, -0.05) is 29.8 Å². The molecule has 2 atom stereocenters. The van der Waals surface area contributed by atoms with Crippen LogP contribution < -0.4 is 16.4 Å². The Morgan fingerprint density at radius 2 is 2.00 bits per heavy atom. The molecule has 1 aromatic rings. The molecule has 0 saturated carbocycles. The molecule has 8 heteroatoms. The van der Waals surface area contributed by atoms with E-state index in [1.165, 1.54) is 0 Å². The van der Waals surface area contributed by atoms with Gasteiger partial charge in [0.15, 0.2) is 0 Å². The van der Waals surface area contributed by atoms with Gasteiger partial charge in [0.2, 0.25) is 5.91 Å². The zero-order valence-corrected chi connectivity index (χ0v) is 15.8. The number of benzene rings is 1. The van der Waals surface area contributed by atoms with Gasteiger partial charge < -0.3 is 21.3 Å². The van der Waals surface area contributed by atoms with Crippen molar-refractivity contribution in [3.63, 3.8) is 0 Å². The van der Waals surface area contributed by atoms with Crippen LogP contribution >= 0.6 is 23.4 Å². The maximum Gasteiger partial charge on any atom is 0.312 e. The van der Waals surface area contributed by atoms with E-state index in [0.29, 0.717) is 18.0 Å². The van der Waals surface area contributed by atoms with Crippen molar-refractivity contribution < 1.29 is 9.59 Å². The second kappa shape index (κ2) is 10.4. The summed E-state index contributed by atoms with van der Waals surface area (Å²) < 4.78 is 0. The number of carbonyl (C=O) groups is 2. The standard InChI is InChI=1S/C16H25ClN4O2S/c1-21(2)14(11-6-4-5-7-12(11)17)10-19-15(22)13(8-9-24-3)20-16(18)23/h4-7,13-14H,8-10H2,1-3H3,(H,19,22)(H3,18,20,23). The highest BCUT2D eigenvalue weighted by Crippen LogP contribution is 2.25. The second-order valence-corrected chi connectivity index (χ2v) is 6.98. The number of thioether (sulfide) groups is 1. The molecule has 0 bridgehead atoms. The molecule has 6 nitrogen and oxygen atoms in total. The lowest BCUT2D eigenvalue weighted by atomic mass is 10.1. The quantitative estimate of drug-likeness (QED) is 0.617. The van der Waals surface area contributed by atoms with Gasteiger partial charge in [-0.15, -0.1) is 0 Å². The number of amides is 3. The Hall–Kier alpha value is -1.44. The monoisotopic (exact) mass is 372 g/mol. The van der Waals surface area contributed by atoms with Gasteiger partial charge in [-0.2, -0.15) is 11.8 Å². The largest absolute Gasteiger partial charge is 0.352 e. The van der Waals surface area contributed by atoms with Crippen LogP contribution in [0.2, 0.25) is 5.02 Å². The highest BCUT2D eigenvalue weighted by atomic mass is 35.5. The van der Waals surface area contributed by atoms with Crippen LogP contribution in [0.25, 0.3) is 0 Å². The Morgan fingerprint density at radius 1 is 1.33 bits per heavy atom. The number of urea groups is 1. The summed E-state index contributed by atoms with van der Waals surface area (Å²) in [6.45, 7) is 0.381. The fourth-order valence-corrected chi connectivity index (χ4v) is 3.05. The van der Waals surface area contributed by atoms with E-state index < -0.39 is 12.1 Å². The molecular weight excluding hydrogens is 348 g/mol. The fourth-order valence-electron chi connectivity index (χ4n) is 2.31. The molecule has 0 aliphatic heterocycles. The molecule has 0 heterocycles. The lowest BCUT2D eigenvalue weighted by molar-refractivity contribution is -0.123. The van der Waals surface area contributed by atoms with Crippen molar-refractivity contribution >= 4 is 35.3 Å². The maximum atomic E-state index is 12.4. The van der Waals surface area contributed by atoms with Gasteiger partial charge >= 0.3 is 6.03 Å². The predicted molar refractivity (Wildman–Crippen MR) is 100 cm³/mol. The summed E-state index contributed by atoms with van der Waals surface area (Å²) >= 11 is 7.87. The Balaban J connectivity index is 2.76. The minimum Gasteiger partial charge on any atom is -0.352 e. The number of hydrogen-bond donors (Lipinski definition) is 3. The molecule has 1 rings (SSSR count). The van der Waals surface area contributed by atoms with Crippen molar-refractivity contribution in [2.75, 3.05) is 32.6 Å². The Labute approximate surface area is 152 Å². The van der Waals surface area contributed by atoms with Gasteiger partial charge in [-0.3, -0.25) is 4.79 Å². The van der Waals surface area contributed by atoms with Crippen molar-refractivity contribution in [2.24, 2.45) is 5.73 Å². The van der Waals surface area contributed by atoms with Crippen LogP contribution in [0.15, 0.2) is 24.3 Å². The van der Waals surface area contributed by atoms with Crippen LogP contribution in [0.4, 0.5) is 4.79 Å². The van der Waals surface area contributed by atoms with Crippen molar-refractivity contribution in [1.82, 2.24) is 15.5 Å². The fraction of sp³-hybridized carbons (Fsp3) is 0.500. The zero-order valence-electron chi connectivity index (χ0n) is 14.2. The van der Waals surface area contributed by atoms with Gasteiger partial charge in [0.25, 0.3) is 0 Å². The summed E-state index contributed by atoms with van der Waals surface area (Å²) in [5.41, 5.74) is 6.09. The maximum absolute atomic E-state index is 12.4. The van der Waals surface area contributed by atoms with Gasteiger partial charge in [0.1, 0.15) is 6.04 Å². The van der Waals surface area contributed by atoms with E-state index in [1.807, 2.05) is 49.5 Å². The van der Waals surface area contributed by atoms with Crippen molar-refractivity contribution in [2.45, 2.75) is 18.5 Å². The molecule has 134 valence electrons. The zero-order chi connectivity index (χ0) is 18.1. The normalized spacial score (nSPS) is 13.4. The molecule has 2 unspecified atom stereocenters. The van der Waals surface area contributed by atoms with E-state index in [1.54, 1.807) is 11.8 Å². The van der Waals surface area contributed by atoms with E-state index in [4.69, 9.17) is 17.3 Å². The number of nitrogens with two attached hydrogens (primary N) is 1. The van der Waals surface area contributed by atoms with Crippen LogP contribution in [0.1, 0.15) is 18.0 Å². The Kier molecular flexibility index (Phi) is 8.95. The molecule has 0 fully saturated rings. The summed E-state index contributed by atoms with van der Waals surface area (Å²) in [5, 5.41) is 6.03. The number of likely N-dealkylation sites (N-methyl/N-ethyl adjacent to an activating group) is 1. The van der Waals surface area contributed by atoms with E-state index in [0.717, 1.165) is 11.3 Å². The number of nitrogens with one attached hydrogen (secondary N) is 2. The lowest BCUT2D eigenvalue weighted by Gasteiger charge is -2.27. The average molecular weight is 373 g/mol. The molecule has 0 aliphatic rings. The van der Waals surface area contributed by atoms with Crippen LogP contribution in [0.3, 0.4) is 0 Å². The highest BCUT2D eigenvalue weighted by Gasteiger charge is 2.22. The lowest BCUT2D eigenvalue weighted by Crippen LogP contribution is -2.50. The van der Waals surface area contributed by atoms with Crippen LogP contribution in [-0.4, -0.2) is 55.5 Å². The number of carbonyl (C=O) groups excluding carboxylic acids is 2. The van der Waals surface area contributed by atoms with Crippen molar-refractivity contribution in [3.05, 3.63) is 34.9 Å². The third-order valence-corrected chi connectivity index (χ3v) is 4.59. The summed E-state index contributed by atoms with van der Waals surface area (Å²) in [5.74, 6) is 0.502. The molecule has 3 amide bonds. The summed E-state index contributed by atoms with van der Waals surface area (Å²) in [6, 6.07) is 6.13. The molecule has 0 aliphatic carbocycles. The molecule has 1 aromatic carbocycles. The predicted octanol–water partition coefficient (Wildman–Crippen LogP) is 1.85. The van der Waals surface area contributed by atoms with Gasteiger partial charge in [-0.25, -0.2) is 4.79 Å². The SMILES string of the molecule is CSCCC(NC(N)=O)C(=O)NCC(c1ccccc1Cl)N(C)C. The Bertz CT molecular complexity index is 557. The number of primary amides is 1. The minimum absolute atomic E-state index is 0.0718. The van der Waals surface area contributed by atoms with E-state index in [-0.39, 0.29) is 11.9 Å². The molecule has 0 saturated heterocycles. The molecule has 4 N–H and O–H groups in total. The summed E-state index contributed by atoms with van der Waals surface area (Å²) in [7, 11) is 3.85. The third kappa shape index (κ3) is 6.59. The Morgan fingerprint density at radius 3 is 2.54 bits per heavy atom. The topological polar surface area (TPSA) is 87.5 Å². The molecule has 24 heavy (non-hydrogen) atoms. The summed E-state index contributed by atoms with van der Waals surface area (Å²) in [4.78, 5) is 25.5. The molecule has 0 radical (unpaired) electrons. The molecule has 0 spiro atoms. The number of halogens is 1. The third-order valence-electron chi connectivity index (χ3n) is 3.60. The van der Waals surface area contributed by atoms with E-state index >= 15 is 0 Å². The highest BCUT2D eigenvalue weighted by molar-refractivity contribution is 7.98. The smallest absolute Gasteiger partial charge is 0.312 e. The number of hydrogen-bond acceptors (Lipinski definition) is 4. The van der Waals surface area contributed by atoms with Gasteiger partial charge in [0, 0.05) is 11.6 Å². The van der Waals surface area contributed by atoms with Crippen molar-refractivity contribution in [3.8, 4) is 0 Å². The minimum atomic E-state index is -0.702. The van der Waals surface area contributed by atoms with Crippen LogP contribution in [-0.2, 0) is 4.79 Å². The van der Waals surface area contributed by atoms with E-state index in [9.17, 15) is 9.59 Å². The first-order chi connectivity index (χ1) is 11.4. The average Bonchev–Trinajstić information content (AvgIpc) is 2.52. The van der Waals surface area contributed by atoms with Gasteiger partial charge in [0.05, 0.1) is 6.04 Å². The summed E-state index contributed by atoms with van der Waals surface area (Å²) in [6.07, 6.45) is 2.47. The molecule has 0 aromatic heterocycles. The first-order valence-electron chi connectivity index (χ1n) is 7.60. The first-order valence-corrected chi connectivity index (χ1v) is 9.37. The number of nitrogens with zero attached hydrogens (tertiary/aromatic N) is 1. The van der Waals surface area contributed by atoms with E-state index in [2.05, 4.69) is 10.6 Å². The van der Waals surface area contributed by atoms with Crippen LogP contribution in [0.5, 0.6) is 0 Å². The van der Waals surface area contributed by atoms with Crippen LogP contribution in [0, 0.1) is 0 Å².